The zero-order chi connectivity index (χ0) is 32.4. The molecule has 4 aromatic rings. The molecule has 0 aliphatic heterocycles. The fourth-order valence-electron chi connectivity index (χ4n) is 3.79. The van der Waals surface area contributed by atoms with Gasteiger partial charge in [0, 0.05) is 23.6 Å². The first kappa shape index (κ1) is 32.9. The van der Waals surface area contributed by atoms with Gasteiger partial charge in [-0.15, -0.1) is 24.9 Å². The first-order valence-corrected chi connectivity index (χ1v) is 14.2. The summed E-state index contributed by atoms with van der Waals surface area (Å²) < 4.78 is 68.2. The van der Waals surface area contributed by atoms with Crippen molar-refractivity contribution in [3.05, 3.63) is 130 Å². The third-order valence-electron chi connectivity index (χ3n) is 6.05. The topological polar surface area (TPSA) is 98.8 Å². The molecule has 0 aliphatic rings. The largest absolute Gasteiger partial charge is 0.573 e. The van der Waals surface area contributed by atoms with E-state index in [-0.39, 0.29) is 17.3 Å². The molecule has 0 saturated heterocycles. The first-order valence-electron chi connectivity index (χ1n) is 13.2. The van der Waals surface area contributed by atoms with Crippen LogP contribution < -0.4 is 10.5 Å². The molecule has 0 saturated carbocycles. The van der Waals surface area contributed by atoms with Crippen molar-refractivity contribution < 1.29 is 26.7 Å². The van der Waals surface area contributed by atoms with Crippen LogP contribution in [0.1, 0.15) is 27.8 Å². The normalized spacial score (nSPS) is 12.7. The van der Waals surface area contributed by atoms with Gasteiger partial charge in [0.2, 0.25) is 0 Å². The molecule has 45 heavy (non-hydrogen) atoms. The molecule has 0 radical (unpaired) electrons. The second-order valence-electron chi connectivity index (χ2n) is 9.43. The van der Waals surface area contributed by atoms with E-state index in [0.29, 0.717) is 27.5 Å². The number of hydrogen-bond donors (Lipinski definition) is 1. The first-order chi connectivity index (χ1) is 21.5. The molecule has 232 valence electrons. The van der Waals surface area contributed by atoms with Gasteiger partial charge in [0.25, 0.3) is 0 Å². The van der Waals surface area contributed by atoms with Crippen molar-refractivity contribution in [2.75, 3.05) is 0 Å². The summed E-state index contributed by atoms with van der Waals surface area (Å²) in [6.07, 6.45) is -2.06. The van der Waals surface area contributed by atoms with E-state index in [1.165, 1.54) is 48.6 Å². The minimum absolute atomic E-state index is 0.163. The lowest BCUT2D eigenvalue weighted by molar-refractivity contribution is -0.274. The average molecular weight is 638 g/mol. The van der Waals surface area contributed by atoms with Gasteiger partial charge >= 0.3 is 6.36 Å². The molecule has 0 spiro atoms. The zero-order valence-corrected chi connectivity index (χ0v) is 24.8. The number of thioether (sulfide) groups is 1. The molecular weight excluding hydrogens is 611 g/mol. The fraction of sp³-hybridized carbons (Fsp3) is 0.125. The van der Waals surface area contributed by atoms with Gasteiger partial charge in [-0.25, -0.2) is 18.8 Å². The van der Waals surface area contributed by atoms with Crippen molar-refractivity contribution in [1.82, 2.24) is 0 Å². The lowest BCUT2D eigenvalue weighted by Crippen LogP contribution is -2.16. The summed E-state index contributed by atoms with van der Waals surface area (Å²) in [5.74, 6) is -1.33. The van der Waals surface area contributed by atoms with Gasteiger partial charge in [-0.3, -0.25) is 5.10 Å². The number of nitrogens with zero attached hydrogens (tertiary/aromatic N) is 5. The molecule has 7 nitrogen and oxygen atoms in total. The lowest BCUT2D eigenvalue weighted by atomic mass is 10.1. The molecule has 4 rings (SSSR count). The van der Waals surface area contributed by atoms with Crippen molar-refractivity contribution in [3.63, 3.8) is 0 Å². The Morgan fingerprint density at radius 2 is 1.62 bits per heavy atom. The highest BCUT2D eigenvalue weighted by molar-refractivity contribution is 8.13. The number of aryl methyl sites for hydroxylation is 2. The molecule has 13 heteroatoms. The summed E-state index contributed by atoms with van der Waals surface area (Å²) in [5, 5.41) is 13.4. The number of ether oxygens (including phenoxy) is 1. The predicted molar refractivity (Wildman–Crippen MR) is 170 cm³/mol. The van der Waals surface area contributed by atoms with E-state index in [0.717, 1.165) is 35.0 Å². The maximum absolute atomic E-state index is 14.2. The summed E-state index contributed by atoms with van der Waals surface area (Å²) >= 11 is 1.17. The van der Waals surface area contributed by atoms with Crippen LogP contribution in [0.5, 0.6) is 5.75 Å². The third-order valence-corrected chi connectivity index (χ3v) is 6.94. The number of aliphatic imine (C=N–C) groups is 2. The zero-order valence-electron chi connectivity index (χ0n) is 24.0. The Kier molecular flexibility index (Phi) is 11.0. The molecule has 0 atom stereocenters. The van der Waals surface area contributed by atoms with Gasteiger partial charge in [-0.1, -0.05) is 48.5 Å². The molecule has 0 amide bonds. The van der Waals surface area contributed by atoms with Crippen molar-refractivity contribution in [1.29, 1.82) is 0 Å². The van der Waals surface area contributed by atoms with Gasteiger partial charge in [-0.2, -0.15) is 0 Å². The molecule has 0 unspecified atom stereocenters. The SMILES string of the molecule is Cc1cccc(C)c1[N-]/C(=N/N=C/c1ccc(C(N)=NC=Nc2ccc(OC(F)(F)F)cc2)cc1)SCc1ccc(F)cc1F. The van der Waals surface area contributed by atoms with Gasteiger partial charge in [0.15, 0.2) is 0 Å². The smallest absolute Gasteiger partial charge is 0.429 e. The highest BCUT2D eigenvalue weighted by Crippen LogP contribution is 2.32. The Balaban J connectivity index is 1.43. The number of nitrogens with two attached hydrogens (primary N) is 1. The number of hydrogen-bond acceptors (Lipinski definition) is 5. The molecule has 0 fully saturated rings. The standard InChI is InChI=1S/C32H26F5N6OS/c1-20-4-3-5-21(2)29(20)42-31(45-18-24-10-11-25(33)16-28(24)34)43-41-17-22-6-8-23(9-7-22)30(38)40-19-39-26-12-14-27(15-13-26)44-32(35,36)37/h3-17,19H,18H2,1-2H3,(H2-,38,39,40,42,43)/q-1/b41-17+. The number of benzene rings is 4. The van der Waals surface area contributed by atoms with Gasteiger partial charge in [-0.05, 0) is 77.3 Å². The summed E-state index contributed by atoms with van der Waals surface area (Å²) in [6.45, 7) is 3.85. The molecule has 0 bridgehead atoms. The summed E-state index contributed by atoms with van der Waals surface area (Å²) in [4.78, 5) is 8.12. The van der Waals surface area contributed by atoms with Crippen LogP contribution in [0, 0.1) is 25.5 Å². The number of alkyl halides is 3. The van der Waals surface area contributed by atoms with Crippen LogP contribution >= 0.6 is 11.8 Å². The highest BCUT2D eigenvalue weighted by Gasteiger charge is 2.30. The van der Waals surface area contributed by atoms with E-state index in [1.54, 1.807) is 24.3 Å². The predicted octanol–water partition coefficient (Wildman–Crippen LogP) is 8.87. The second-order valence-corrected chi connectivity index (χ2v) is 10.4. The van der Waals surface area contributed by atoms with E-state index >= 15 is 0 Å². The van der Waals surface area contributed by atoms with Crippen LogP contribution in [0.25, 0.3) is 5.32 Å². The quantitative estimate of drug-likeness (QED) is 0.0859. The van der Waals surface area contributed by atoms with Crippen molar-refractivity contribution in [2.24, 2.45) is 25.9 Å². The molecule has 4 aromatic carbocycles. The Labute approximate surface area is 260 Å². The van der Waals surface area contributed by atoms with E-state index in [9.17, 15) is 22.0 Å². The van der Waals surface area contributed by atoms with E-state index in [4.69, 9.17) is 5.73 Å². The van der Waals surface area contributed by atoms with E-state index in [1.807, 2.05) is 32.0 Å². The summed E-state index contributed by atoms with van der Waals surface area (Å²) in [5.41, 5.74) is 10.6. The van der Waals surface area contributed by atoms with Crippen molar-refractivity contribution in [3.8, 4) is 5.75 Å². The molecule has 2 N–H and O–H groups in total. The van der Waals surface area contributed by atoms with Gasteiger partial charge in [0.05, 0.1) is 5.69 Å². The van der Waals surface area contributed by atoms with E-state index in [2.05, 4.69) is 30.2 Å². The Morgan fingerprint density at radius 1 is 0.933 bits per heavy atom. The number of rotatable bonds is 9. The van der Waals surface area contributed by atoms with Crippen LogP contribution in [0.15, 0.2) is 105 Å². The average Bonchev–Trinajstić information content (AvgIpc) is 2.98. The molecule has 0 aliphatic carbocycles. The minimum Gasteiger partial charge on any atom is -0.429 e. The number of amidine groups is 2. The Hall–Kier alpha value is -5.04. The van der Waals surface area contributed by atoms with Crippen molar-refractivity contribution in [2.45, 2.75) is 26.0 Å². The van der Waals surface area contributed by atoms with Gasteiger partial charge in [0.1, 0.15) is 29.6 Å². The maximum Gasteiger partial charge on any atom is 0.573 e. The highest BCUT2D eigenvalue weighted by atomic mass is 32.2. The summed E-state index contributed by atoms with van der Waals surface area (Å²) in [6, 6.07) is 21.1. The van der Waals surface area contributed by atoms with Crippen LogP contribution in [0.2, 0.25) is 0 Å². The van der Waals surface area contributed by atoms with Crippen LogP contribution in [0.4, 0.5) is 33.3 Å². The second kappa shape index (κ2) is 15.1. The fourth-order valence-corrected chi connectivity index (χ4v) is 4.57. The Morgan fingerprint density at radius 3 is 2.27 bits per heavy atom. The lowest BCUT2D eigenvalue weighted by Gasteiger charge is -2.21. The van der Waals surface area contributed by atoms with Crippen LogP contribution in [-0.2, 0) is 5.75 Å². The van der Waals surface area contributed by atoms with Crippen LogP contribution in [0.3, 0.4) is 0 Å². The number of halogens is 5. The molecule has 0 aromatic heterocycles. The van der Waals surface area contributed by atoms with Crippen molar-refractivity contribution >= 4 is 46.7 Å². The maximum atomic E-state index is 14.2. The van der Waals surface area contributed by atoms with Gasteiger partial charge < -0.3 is 20.9 Å². The number of para-hydroxylation sites is 1. The van der Waals surface area contributed by atoms with E-state index < -0.39 is 18.0 Å². The molecule has 0 heterocycles. The minimum atomic E-state index is -4.77. The Bertz CT molecular complexity index is 1720. The van der Waals surface area contributed by atoms with Crippen LogP contribution in [-0.4, -0.2) is 29.9 Å². The monoisotopic (exact) mass is 637 g/mol. The summed E-state index contributed by atoms with van der Waals surface area (Å²) in [7, 11) is 0. The third kappa shape index (κ3) is 10.3. The molecular formula is C32H26F5N6OS-.